The number of hydrogen-bond acceptors (Lipinski definition) is 13. The molecule has 0 amide bonds. The Morgan fingerprint density at radius 2 is 1.24 bits per heavy atom. The second-order valence-electron chi connectivity index (χ2n) is 7.69. The maximum Gasteiger partial charge on any atom is 0.425 e. The molecule has 0 atom stereocenters. The molecule has 15 nitrogen and oxygen atoms in total. The molecule has 0 aromatic heterocycles. The van der Waals surface area contributed by atoms with Gasteiger partial charge in [0.2, 0.25) is 0 Å². The molecule has 4 aromatic carbocycles. The van der Waals surface area contributed by atoms with Crippen LogP contribution in [-0.4, -0.2) is 47.0 Å². The van der Waals surface area contributed by atoms with Gasteiger partial charge in [-0.3, -0.25) is 9.11 Å². The lowest BCUT2D eigenvalue weighted by atomic mass is 10.1. The van der Waals surface area contributed by atoms with Crippen LogP contribution in [-0.2, 0) is 41.0 Å². The first-order chi connectivity index (χ1) is 19.0. The third-order valence-electron chi connectivity index (χ3n) is 5.00. The first-order valence-electron chi connectivity index (χ1n) is 10.6. The Kier molecular flexibility index (Phi) is 9.21. The zero-order valence-electron chi connectivity index (χ0n) is 20.1. The van der Waals surface area contributed by atoms with Crippen molar-refractivity contribution in [3.05, 3.63) is 78.9 Å². The van der Waals surface area contributed by atoms with Gasteiger partial charge in [0.05, 0.1) is 16.0 Å². The van der Waals surface area contributed by atoms with Crippen molar-refractivity contribution >= 4 is 68.8 Å². The van der Waals surface area contributed by atoms with Gasteiger partial charge >= 0.3 is 20.7 Å². The van der Waals surface area contributed by atoms with Crippen molar-refractivity contribution in [1.82, 2.24) is 0 Å². The number of rotatable bonds is 7. The third kappa shape index (κ3) is 7.90. The average molecular weight is 644 g/mol. The summed E-state index contributed by atoms with van der Waals surface area (Å²) in [7, 11) is -17.1. The van der Waals surface area contributed by atoms with E-state index in [0.717, 1.165) is 18.2 Å². The van der Waals surface area contributed by atoms with Gasteiger partial charge in [-0.15, -0.1) is 22.9 Å². The monoisotopic (exact) mass is 643 g/mol. The predicted octanol–water partition coefficient (Wildman–Crippen LogP) is 3.09. The Morgan fingerprint density at radius 3 is 1.83 bits per heavy atom. The summed E-state index contributed by atoms with van der Waals surface area (Å²) in [5, 5.41) is 7.65. The topological polar surface area (TPSA) is 254 Å². The summed E-state index contributed by atoms with van der Waals surface area (Å²) in [4.78, 5) is -1.48. The second-order valence-corrected chi connectivity index (χ2v) is 12.5. The lowest BCUT2D eigenvalue weighted by Crippen LogP contribution is -2.11. The average Bonchev–Trinajstić information content (AvgIpc) is 2.87. The fourth-order valence-electron chi connectivity index (χ4n) is 3.35. The minimum Gasteiger partial charge on any atom is -0.398 e. The molecule has 4 N–H and O–H groups in total. The summed E-state index contributed by atoms with van der Waals surface area (Å²) in [6, 6.07) is 16.6. The molecule has 0 saturated heterocycles. The van der Waals surface area contributed by atoms with Gasteiger partial charge < -0.3 is 9.92 Å². The van der Waals surface area contributed by atoms with Crippen LogP contribution in [0.3, 0.4) is 0 Å². The highest BCUT2D eigenvalue weighted by atomic mass is 32.2. The van der Waals surface area contributed by atoms with Crippen LogP contribution in [0, 0.1) is 0 Å². The van der Waals surface area contributed by atoms with Crippen molar-refractivity contribution in [3.8, 4) is 5.75 Å². The van der Waals surface area contributed by atoms with Crippen molar-refractivity contribution < 1.29 is 51.2 Å². The Labute approximate surface area is 234 Å². The number of fused-ring (bicyclic) bond motifs is 1. The summed E-state index contributed by atoms with van der Waals surface area (Å²) < 4.78 is 123. The maximum absolute atomic E-state index is 12.8. The molecule has 19 heteroatoms. The van der Waals surface area contributed by atoms with Gasteiger partial charge in [-0.25, -0.2) is 0 Å². The van der Waals surface area contributed by atoms with E-state index < -0.39 is 56.5 Å². The molecule has 0 unspecified atom stereocenters. The zero-order valence-corrected chi connectivity index (χ0v) is 23.4. The highest BCUT2D eigenvalue weighted by Gasteiger charge is 2.23. The molecule has 4 aromatic rings. The number of benzene rings is 4. The van der Waals surface area contributed by atoms with Crippen LogP contribution in [0.4, 0.5) is 17.1 Å². The molecule has 0 bridgehead atoms. The van der Waals surface area contributed by atoms with E-state index in [-0.39, 0.29) is 32.7 Å². The van der Waals surface area contributed by atoms with Crippen molar-refractivity contribution in [2.24, 2.45) is 10.2 Å². The van der Waals surface area contributed by atoms with Crippen LogP contribution in [0.25, 0.3) is 10.8 Å². The maximum atomic E-state index is 12.8. The van der Waals surface area contributed by atoms with E-state index in [1.165, 1.54) is 54.6 Å². The molecule has 4 rings (SSSR count). The molecule has 0 fully saturated rings. The standard InChI is InChI=1S/C22H17N3O9S3.O3S/c23-17-10-11-18(24-25-19-8-4-5-9-21(19)36(29,30)31)16-12-15(35(26,27)28)13-20(22(16)17)34-37(32,33)14-6-2-1-3-7-14;1-4(2)3/h1-13H,23H2,(H,26,27,28)(H,29,30,31);. The minimum atomic E-state index is -4.86. The van der Waals surface area contributed by atoms with Crippen LogP contribution >= 0.6 is 0 Å². The van der Waals surface area contributed by atoms with Gasteiger partial charge in [0, 0.05) is 17.1 Å². The van der Waals surface area contributed by atoms with Crippen LogP contribution in [0.5, 0.6) is 5.75 Å². The molecule has 0 aliphatic rings. The summed E-state index contributed by atoms with van der Waals surface area (Å²) in [5.41, 5.74) is 5.72. The van der Waals surface area contributed by atoms with Crippen molar-refractivity contribution in [2.75, 3.05) is 5.73 Å². The third-order valence-corrected chi connectivity index (χ3v) is 7.98. The Bertz CT molecular complexity index is 2090. The molecule has 0 heterocycles. The van der Waals surface area contributed by atoms with Crippen LogP contribution in [0.15, 0.2) is 104 Å². The fraction of sp³-hybridized carbons (Fsp3) is 0. The summed E-state index contributed by atoms with van der Waals surface area (Å²) in [6.07, 6.45) is 0. The van der Waals surface area contributed by atoms with Gasteiger partial charge in [-0.05, 0) is 42.5 Å². The lowest BCUT2D eigenvalue weighted by Gasteiger charge is -2.14. The molecule has 0 spiro atoms. The van der Waals surface area contributed by atoms with Gasteiger partial charge in [0.25, 0.3) is 20.2 Å². The van der Waals surface area contributed by atoms with Gasteiger partial charge in [0.15, 0.2) is 5.75 Å². The highest BCUT2D eigenvalue weighted by molar-refractivity contribution is 7.87. The highest BCUT2D eigenvalue weighted by Crippen LogP contribution is 2.41. The minimum absolute atomic E-state index is 0.0209. The van der Waals surface area contributed by atoms with E-state index in [4.69, 9.17) is 22.5 Å². The summed E-state index contributed by atoms with van der Waals surface area (Å²) in [5.74, 6) is -0.512. The van der Waals surface area contributed by atoms with E-state index >= 15 is 0 Å². The largest absolute Gasteiger partial charge is 0.425 e. The molecule has 0 aliphatic carbocycles. The van der Waals surface area contributed by atoms with E-state index in [2.05, 4.69) is 10.2 Å². The number of anilines is 1. The first-order valence-corrected chi connectivity index (χ1v) is 15.9. The number of nitrogens with zero attached hydrogens (tertiary/aromatic N) is 2. The zero-order chi connectivity index (χ0) is 30.6. The smallest absolute Gasteiger partial charge is 0.398 e. The van der Waals surface area contributed by atoms with Crippen LogP contribution < -0.4 is 9.92 Å². The Morgan fingerprint density at radius 1 is 0.683 bits per heavy atom. The van der Waals surface area contributed by atoms with E-state index in [1.807, 2.05) is 0 Å². The summed E-state index contributed by atoms with van der Waals surface area (Å²) in [6.45, 7) is 0. The normalized spacial score (nSPS) is 12.0. The number of nitrogen functional groups attached to an aromatic ring is 1. The van der Waals surface area contributed by atoms with E-state index in [1.54, 1.807) is 6.07 Å². The molecule has 0 aliphatic heterocycles. The molecule has 0 saturated carbocycles. The van der Waals surface area contributed by atoms with Crippen LogP contribution in [0.1, 0.15) is 0 Å². The number of azo groups is 1. The van der Waals surface area contributed by atoms with Crippen molar-refractivity contribution in [2.45, 2.75) is 14.7 Å². The number of hydrogen-bond donors (Lipinski definition) is 3. The van der Waals surface area contributed by atoms with E-state index in [9.17, 15) is 34.4 Å². The predicted molar refractivity (Wildman–Crippen MR) is 143 cm³/mol. The Balaban J connectivity index is 0.00000108. The van der Waals surface area contributed by atoms with Gasteiger partial charge in [0.1, 0.15) is 15.5 Å². The van der Waals surface area contributed by atoms with Gasteiger partial charge in [-0.1, -0.05) is 30.3 Å². The molecule has 216 valence electrons. The molecule has 0 radical (unpaired) electrons. The molecular weight excluding hydrogens is 627 g/mol. The van der Waals surface area contributed by atoms with E-state index in [0.29, 0.717) is 0 Å². The fourth-order valence-corrected chi connectivity index (χ4v) is 5.45. The summed E-state index contributed by atoms with van der Waals surface area (Å²) >= 11 is 0. The molecular formula is C22H17N3O12S4. The lowest BCUT2D eigenvalue weighted by molar-refractivity contribution is 0.477. The first kappa shape index (κ1) is 31.3. The SMILES string of the molecule is Nc1ccc(N=Nc2ccccc2S(=O)(=O)O)c2cc(S(=O)(=O)O)cc(OS(=O)(=O)c3ccccc3)c12.O=S(=O)=O. The van der Waals surface area contributed by atoms with Crippen molar-refractivity contribution in [1.29, 1.82) is 0 Å². The quantitative estimate of drug-likeness (QED) is 0.113. The molecule has 41 heavy (non-hydrogen) atoms. The van der Waals surface area contributed by atoms with Crippen molar-refractivity contribution in [3.63, 3.8) is 0 Å². The second kappa shape index (κ2) is 12.1. The van der Waals surface area contributed by atoms with Crippen LogP contribution in [0.2, 0.25) is 0 Å². The number of nitrogens with two attached hydrogens (primary N) is 1. The Hall–Kier alpha value is -4.27. The van der Waals surface area contributed by atoms with Gasteiger partial charge in [-0.2, -0.15) is 25.3 Å².